The van der Waals surface area contributed by atoms with E-state index in [2.05, 4.69) is 5.32 Å². The summed E-state index contributed by atoms with van der Waals surface area (Å²) in [4.78, 5) is 36.4. The number of nitrogens with one attached hydrogen (secondary N) is 1. The van der Waals surface area contributed by atoms with Gasteiger partial charge in [0.2, 0.25) is 0 Å². The van der Waals surface area contributed by atoms with Crippen LogP contribution >= 0.6 is 11.6 Å². The largest absolute Gasteiger partial charge is 0.449 e. The van der Waals surface area contributed by atoms with E-state index >= 15 is 0 Å². The smallest absolute Gasteiger partial charge is 0.335 e. The van der Waals surface area contributed by atoms with Gasteiger partial charge in [-0.15, -0.1) is 0 Å². The summed E-state index contributed by atoms with van der Waals surface area (Å²) in [6.07, 6.45) is 2.09. The van der Waals surface area contributed by atoms with E-state index in [4.69, 9.17) is 16.3 Å². The molecule has 0 aromatic rings. The lowest BCUT2D eigenvalue weighted by Crippen LogP contribution is -2.42. The van der Waals surface area contributed by atoms with Crippen molar-refractivity contribution in [3.63, 3.8) is 0 Å². The van der Waals surface area contributed by atoms with E-state index < -0.39 is 24.0 Å². The molecule has 1 aliphatic carbocycles. The Balaban J connectivity index is 1.97. The summed E-state index contributed by atoms with van der Waals surface area (Å²) in [6, 6.07) is -0.451. The number of amides is 3. The van der Waals surface area contributed by atoms with Gasteiger partial charge in [0.05, 0.1) is 5.57 Å². The SMILES string of the molecule is C[C@H](OC(=O)C1=C(Cl)CCCC1)C(=O)N1CCNC1=O. The van der Waals surface area contributed by atoms with Gasteiger partial charge in [0, 0.05) is 18.1 Å². The Morgan fingerprint density at radius 3 is 2.65 bits per heavy atom. The molecule has 1 N–H and O–H groups in total. The van der Waals surface area contributed by atoms with Gasteiger partial charge in [-0.1, -0.05) is 11.6 Å². The molecule has 3 amide bonds. The molecule has 2 aliphatic rings. The molecule has 0 spiro atoms. The van der Waals surface area contributed by atoms with Gasteiger partial charge in [-0.05, 0) is 32.6 Å². The Hall–Kier alpha value is -1.56. The fourth-order valence-corrected chi connectivity index (χ4v) is 2.57. The highest BCUT2D eigenvalue weighted by Gasteiger charge is 2.32. The molecule has 7 heteroatoms. The van der Waals surface area contributed by atoms with E-state index in [1.807, 2.05) is 0 Å². The summed E-state index contributed by atoms with van der Waals surface area (Å²) in [5, 5.41) is 3.04. The number of ether oxygens (including phenoxy) is 1. The van der Waals surface area contributed by atoms with Gasteiger partial charge in [-0.2, -0.15) is 0 Å². The molecular formula is C13H17ClN2O4. The second-order valence-corrected chi connectivity index (χ2v) is 5.32. The second kappa shape index (κ2) is 6.26. The van der Waals surface area contributed by atoms with Crippen LogP contribution in [-0.2, 0) is 14.3 Å². The van der Waals surface area contributed by atoms with Crippen LogP contribution in [-0.4, -0.2) is 42.0 Å². The highest BCUT2D eigenvalue weighted by molar-refractivity contribution is 6.31. The fourth-order valence-electron chi connectivity index (χ4n) is 2.26. The van der Waals surface area contributed by atoms with E-state index in [1.54, 1.807) is 0 Å². The minimum absolute atomic E-state index is 0.295. The van der Waals surface area contributed by atoms with Crippen molar-refractivity contribution in [3.8, 4) is 0 Å². The molecule has 0 aromatic carbocycles. The highest BCUT2D eigenvalue weighted by atomic mass is 35.5. The average molecular weight is 301 g/mol. The topological polar surface area (TPSA) is 75.7 Å². The number of allylic oxidation sites excluding steroid dienone is 1. The Morgan fingerprint density at radius 1 is 1.35 bits per heavy atom. The van der Waals surface area contributed by atoms with Crippen LogP contribution in [0.15, 0.2) is 10.6 Å². The van der Waals surface area contributed by atoms with Crippen LogP contribution in [0.2, 0.25) is 0 Å². The van der Waals surface area contributed by atoms with Crippen molar-refractivity contribution in [2.45, 2.75) is 38.7 Å². The number of rotatable bonds is 3. The first-order chi connectivity index (χ1) is 9.50. The molecule has 0 aromatic heterocycles. The summed E-state index contributed by atoms with van der Waals surface area (Å²) >= 11 is 6.01. The number of esters is 1. The zero-order valence-corrected chi connectivity index (χ0v) is 12.0. The molecule has 20 heavy (non-hydrogen) atoms. The Morgan fingerprint density at radius 2 is 2.05 bits per heavy atom. The van der Waals surface area contributed by atoms with Crippen LogP contribution in [0, 0.1) is 0 Å². The van der Waals surface area contributed by atoms with Gasteiger partial charge in [0.25, 0.3) is 5.91 Å². The van der Waals surface area contributed by atoms with E-state index in [9.17, 15) is 14.4 Å². The van der Waals surface area contributed by atoms with Gasteiger partial charge < -0.3 is 10.1 Å². The minimum Gasteiger partial charge on any atom is -0.449 e. The van der Waals surface area contributed by atoms with Gasteiger partial charge in [0.1, 0.15) is 0 Å². The van der Waals surface area contributed by atoms with Crippen molar-refractivity contribution in [1.29, 1.82) is 0 Å². The second-order valence-electron chi connectivity index (χ2n) is 4.86. The number of hydrogen-bond acceptors (Lipinski definition) is 4. The quantitative estimate of drug-likeness (QED) is 0.802. The number of urea groups is 1. The third-order valence-electron chi connectivity index (χ3n) is 3.40. The summed E-state index contributed by atoms with van der Waals surface area (Å²) in [5.74, 6) is -1.07. The van der Waals surface area contributed by atoms with E-state index in [1.165, 1.54) is 6.92 Å². The highest BCUT2D eigenvalue weighted by Crippen LogP contribution is 2.28. The lowest BCUT2D eigenvalue weighted by Gasteiger charge is -2.20. The van der Waals surface area contributed by atoms with Gasteiger partial charge in [-0.25, -0.2) is 9.59 Å². The molecule has 6 nitrogen and oxygen atoms in total. The number of hydrogen-bond donors (Lipinski definition) is 1. The molecule has 0 radical (unpaired) electrons. The number of imide groups is 1. The lowest BCUT2D eigenvalue weighted by atomic mass is 9.99. The molecule has 0 saturated carbocycles. The first kappa shape index (κ1) is 14.8. The molecule has 1 atom stereocenters. The maximum absolute atomic E-state index is 12.0. The van der Waals surface area contributed by atoms with Crippen LogP contribution in [0.25, 0.3) is 0 Å². The van der Waals surface area contributed by atoms with Crippen LogP contribution in [0.5, 0.6) is 0 Å². The Bertz CT molecular complexity index is 475. The molecule has 2 rings (SSSR count). The van der Waals surface area contributed by atoms with Crippen molar-refractivity contribution in [1.82, 2.24) is 10.2 Å². The Kier molecular flexibility index (Phi) is 4.65. The fraction of sp³-hybridized carbons (Fsp3) is 0.615. The first-order valence-corrected chi connectivity index (χ1v) is 7.06. The van der Waals surface area contributed by atoms with Crippen LogP contribution in [0.1, 0.15) is 32.6 Å². The Labute approximate surface area is 122 Å². The molecule has 1 saturated heterocycles. The van der Waals surface area contributed by atoms with Crippen molar-refractivity contribution >= 4 is 29.5 Å². The minimum atomic E-state index is -0.995. The number of carbonyl (C=O) groups excluding carboxylic acids is 3. The molecule has 110 valence electrons. The summed E-state index contributed by atoms with van der Waals surface area (Å²) in [7, 11) is 0. The van der Waals surface area contributed by atoms with Crippen molar-refractivity contribution < 1.29 is 19.1 Å². The molecule has 1 fully saturated rings. The number of carbonyl (C=O) groups is 3. The summed E-state index contributed by atoms with van der Waals surface area (Å²) in [5.41, 5.74) is 0.448. The predicted octanol–water partition coefficient (Wildman–Crippen LogP) is 1.54. The van der Waals surface area contributed by atoms with Gasteiger partial charge in [-0.3, -0.25) is 9.69 Å². The zero-order chi connectivity index (χ0) is 14.7. The van der Waals surface area contributed by atoms with Crippen molar-refractivity contribution in [2.75, 3.05) is 13.1 Å². The molecule has 1 heterocycles. The predicted molar refractivity (Wildman–Crippen MR) is 72.0 cm³/mol. The zero-order valence-electron chi connectivity index (χ0n) is 11.3. The third kappa shape index (κ3) is 3.12. The lowest BCUT2D eigenvalue weighted by molar-refractivity contribution is -0.154. The maximum atomic E-state index is 12.0. The van der Waals surface area contributed by atoms with Crippen LogP contribution < -0.4 is 5.32 Å². The average Bonchev–Trinajstić information content (AvgIpc) is 2.84. The number of halogens is 1. The standard InChI is InChI=1S/C13H17ClN2O4/c1-8(11(17)16-7-6-15-13(16)19)20-12(18)9-4-2-3-5-10(9)14/h8H,2-7H2,1H3,(H,15,19)/t8-/m0/s1. The van der Waals surface area contributed by atoms with Crippen LogP contribution in [0.3, 0.4) is 0 Å². The van der Waals surface area contributed by atoms with E-state index in [-0.39, 0.29) is 0 Å². The monoisotopic (exact) mass is 300 g/mol. The maximum Gasteiger partial charge on any atom is 0.335 e. The van der Waals surface area contributed by atoms with E-state index in [0.717, 1.165) is 17.7 Å². The normalized spacial score (nSPS) is 20.7. The van der Waals surface area contributed by atoms with Crippen LogP contribution in [0.4, 0.5) is 4.79 Å². The summed E-state index contributed by atoms with van der Waals surface area (Å²) in [6.45, 7) is 2.17. The summed E-state index contributed by atoms with van der Waals surface area (Å²) < 4.78 is 5.13. The molecule has 0 bridgehead atoms. The number of nitrogens with zero attached hydrogens (tertiary/aromatic N) is 1. The first-order valence-electron chi connectivity index (χ1n) is 6.68. The molecule has 1 aliphatic heterocycles. The van der Waals surface area contributed by atoms with Gasteiger partial charge >= 0.3 is 12.0 Å². The molecular weight excluding hydrogens is 284 g/mol. The third-order valence-corrected chi connectivity index (χ3v) is 3.82. The van der Waals surface area contributed by atoms with E-state index in [0.29, 0.717) is 36.5 Å². The van der Waals surface area contributed by atoms with Crippen molar-refractivity contribution in [2.24, 2.45) is 0 Å². The molecule has 0 unspecified atom stereocenters. The van der Waals surface area contributed by atoms with Gasteiger partial charge in [0.15, 0.2) is 6.10 Å². The van der Waals surface area contributed by atoms with Crippen molar-refractivity contribution in [3.05, 3.63) is 10.6 Å².